The number of thiophene rings is 2. The molecule has 0 bridgehead atoms. The molecule has 0 aliphatic heterocycles. The van der Waals surface area contributed by atoms with Crippen LogP contribution in [0.3, 0.4) is 0 Å². The summed E-state index contributed by atoms with van der Waals surface area (Å²) in [6, 6.07) is 10.9. The molecule has 0 radical (unpaired) electrons. The van der Waals surface area contributed by atoms with Gasteiger partial charge in [-0.05, 0) is 22.9 Å². The SMILES string of the molecule is [O-][Cl+3]([O-])([O-])[O-].c1csc(-c2cc(-c3cccs3)[s+]s2)c1. The molecule has 3 aromatic rings. The van der Waals surface area contributed by atoms with Crippen molar-refractivity contribution in [1.82, 2.24) is 0 Å². The van der Waals surface area contributed by atoms with Crippen LogP contribution in [0.1, 0.15) is 0 Å². The minimum absolute atomic E-state index is 1.37. The van der Waals surface area contributed by atoms with Crippen LogP contribution in [-0.2, 0) is 0 Å². The molecule has 0 amide bonds. The first-order valence-electron chi connectivity index (χ1n) is 5.06. The fourth-order valence-electron chi connectivity index (χ4n) is 1.32. The Balaban J connectivity index is 0.000000257. The van der Waals surface area contributed by atoms with Gasteiger partial charge in [-0.25, -0.2) is 18.6 Å². The van der Waals surface area contributed by atoms with Gasteiger partial charge in [0.1, 0.15) is 4.88 Å². The lowest BCUT2D eigenvalue weighted by atomic mass is 10.3. The molecule has 0 fully saturated rings. The summed E-state index contributed by atoms with van der Waals surface area (Å²) in [4.78, 5) is 5.52. The predicted molar refractivity (Wildman–Crippen MR) is 73.2 cm³/mol. The van der Waals surface area contributed by atoms with Crippen molar-refractivity contribution in [2.75, 3.05) is 0 Å². The van der Waals surface area contributed by atoms with Crippen LogP contribution < -0.4 is 18.6 Å². The van der Waals surface area contributed by atoms with E-state index in [2.05, 4.69) is 41.1 Å². The molecule has 0 saturated carbocycles. The summed E-state index contributed by atoms with van der Waals surface area (Å²) in [5.41, 5.74) is 0. The number of rotatable bonds is 2. The minimum Gasteiger partial charge on any atom is -0.222 e. The van der Waals surface area contributed by atoms with E-state index in [0.717, 1.165) is 0 Å². The van der Waals surface area contributed by atoms with Crippen molar-refractivity contribution in [3.05, 3.63) is 41.1 Å². The van der Waals surface area contributed by atoms with Crippen molar-refractivity contribution in [3.63, 3.8) is 0 Å². The molecule has 4 nitrogen and oxygen atoms in total. The standard InChI is InChI=1S/C11H7S4.ClHO4/c1-3-8(12-5-1)10-7-11(15-14-10)9-4-2-6-13-9;2-1(3,4)5/h1-7H;(H,2,3,4,5)/q+1;/p-1. The predicted octanol–water partition coefficient (Wildman–Crippen LogP) is 0.792. The first kappa shape index (κ1) is 16.0. The quantitative estimate of drug-likeness (QED) is 0.495. The van der Waals surface area contributed by atoms with Gasteiger partial charge in [0.05, 0.1) is 4.88 Å². The van der Waals surface area contributed by atoms with Gasteiger partial charge in [0.25, 0.3) is 4.88 Å². The van der Waals surface area contributed by atoms with E-state index < -0.39 is 10.2 Å². The Hall–Kier alpha value is -0.420. The largest absolute Gasteiger partial charge is 0.302 e. The highest BCUT2D eigenvalue weighted by Gasteiger charge is 2.17. The molecule has 0 aromatic carbocycles. The Bertz CT molecular complexity index is 573. The Morgan fingerprint density at radius 1 is 0.850 bits per heavy atom. The molecule has 0 aliphatic carbocycles. The van der Waals surface area contributed by atoms with Crippen LogP contribution in [0, 0.1) is 10.2 Å². The van der Waals surface area contributed by atoms with Crippen molar-refractivity contribution >= 4 is 43.4 Å². The zero-order valence-electron chi connectivity index (χ0n) is 9.69. The van der Waals surface area contributed by atoms with E-state index in [1.807, 2.05) is 43.4 Å². The molecule has 0 N–H and O–H groups in total. The maximum atomic E-state index is 8.49. The van der Waals surface area contributed by atoms with Crippen LogP contribution in [0.4, 0.5) is 0 Å². The summed E-state index contributed by atoms with van der Waals surface area (Å²) in [5.74, 6) is 0. The fourth-order valence-corrected chi connectivity index (χ4v) is 5.70. The topological polar surface area (TPSA) is 92.2 Å². The third kappa shape index (κ3) is 5.17. The van der Waals surface area contributed by atoms with Crippen molar-refractivity contribution in [2.24, 2.45) is 0 Å². The van der Waals surface area contributed by atoms with E-state index >= 15 is 0 Å². The number of hydrogen-bond donors (Lipinski definition) is 0. The van der Waals surface area contributed by atoms with Gasteiger partial charge in [-0.2, -0.15) is 0 Å². The molecule has 0 aliphatic rings. The van der Waals surface area contributed by atoms with Crippen LogP contribution in [0.15, 0.2) is 41.1 Å². The van der Waals surface area contributed by atoms with Gasteiger partial charge in [-0.15, -0.1) is 32.9 Å². The average Bonchev–Trinajstić information content (AvgIpc) is 3.10. The van der Waals surface area contributed by atoms with Gasteiger partial charge in [-0.1, -0.05) is 12.1 Å². The lowest BCUT2D eigenvalue weighted by molar-refractivity contribution is -2.00. The van der Waals surface area contributed by atoms with E-state index in [-0.39, 0.29) is 0 Å². The molecule has 9 heteroatoms. The van der Waals surface area contributed by atoms with Gasteiger partial charge in [0, 0.05) is 10.9 Å². The van der Waals surface area contributed by atoms with Crippen LogP contribution in [0.2, 0.25) is 0 Å². The van der Waals surface area contributed by atoms with Gasteiger partial charge < -0.3 is 0 Å². The van der Waals surface area contributed by atoms with Crippen LogP contribution in [0.5, 0.6) is 0 Å². The van der Waals surface area contributed by atoms with Crippen LogP contribution >= 0.6 is 43.4 Å². The maximum absolute atomic E-state index is 8.49. The highest BCUT2D eigenvalue weighted by molar-refractivity contribution is 7.72. The molecule has 3 rings (SSSR count). The summed E-state index contributed by atoms with van der Waals surface area (Å²) in [6.45, 7) is 0. The highest BCUT2D eigenvalue weighted by atomic mass is 35.7. The summed E-state index contributed by atoms with van der Waals surface area (Å²) in [7, 11) is -1.22. The summed E-state index contributed by atoms with van der Waals surface area (Å²) in [5, 5.41) is 4.26. The number of halogens is 1. The Labute approximate surface area is 132 Å². The lowest BCUT2D eigenvalue weighted by Crippen LogP contribution is -2.68. The molecule has 3 aromatic heterocycles. The Morgan fingerprint density at radius 2 is 1.40 bits per heavy atom. The summed E-state index contributed by atoms with van der Waals surface area (Å²) >= 11 is 3.61. The molecular formula is C11H7ClO4S4. The lowest BCUT2D eigenvalue weighted by Gasteiger charge is -2.17. The van der Waals surface area contributed by atoms with Crippen molar-refractivity contribution in [1.29, 1.82) is 0 Å². The molecule has 0 unspecified atom stereocenters. The first-order chi connectivity index (χ1) is 9.43. The molecule has 0 saturated heterocycles. The Morgan fingerprint density at radius 3 is 1.90 bits per heavy atom. The molecule has 0 atom stereocenters. The second-order valence-electron chi connectivity index (χ2n) is 3.37. The molecule has 3 heterocycles. The van der Waals surface area contributed by atoms with Crippen LogP contribution in [-0.4, -0.2) is 0 Å². The van der Waals surface area contributed by atoms with E-state index in [1.165, 1.54) is 19.5 Å². The third-order valence-corrected chi connectivity index (χ3v) is 6.52. The van der Waals surface area contributed by atoms with Crippen molar-refractivity contribution < 1.29 is 28.9 Å². The number of hydrogen-bond acceptors (Lipinski definition) is 7. The molecule has 0 spiro atoms. The average molecular weight is 367 g/mol. The second kappa shape index (κ2) is 7.03. The monoisotopic (exact) mass is 366 g/mol. The molecule has 106 valence electrons. The Kier molecular flexibility index (Phi) is 5.61. The fraction of sp³-hybridized carbons (Fsp3) is 0. The normalized spacial score (nSPS) is 11.0. The van der Waals surface area contributed by atoms with E-state index in [0.29, 0.717) is 0 Å². The molecule has 20 heavy (non-hydrogen) atoms. The van der Waals surface area contributed by atoms with Crippen molar-refractivity contribution in [2.45, 2.75) is 0 Å². The zero-order valence-corrected chi connectivity index (χ0v) is 13.7. The van der Waals surface area contributed by atoms with Crippen LogP contribution in [0.25, 0.3) is 19.5 Å². The maximum Gasteiger partial charge on any atom is 0.302 e. The van der Waals surface area contributed by atoms with Crippen molar-refractivity contribution in [3.8, 4) is 19.5 Å². The second-order valence-corrected chi connectivity index (χ2v) is 8.24. The smallest absolute Gasteiger partial charge is 0.222 e. The van der Waals surface area contributed by atoms with E-state index in [9.17, 15) is 0 Å². The summed E-state index contributed by atoms with van der Waals surface area (Å²) < 4.78 is 34.0. The third-order valence-electron chi connectivity index (χ3n) is 2.01. The minimum atomic E-state index is -4.94. The van der Waals surface area contributed by atoms with E-state index in [1.54, 1.807) is 0 Å². The molecular weight excluding hydrogens is 360 g/mol. The van der Waals surface area contributed by atoms with Gasteiger partial charge in [-0.3, -0.25) is 0 Å². The van der Waals surface area contributed by atoms with Gasteiger partial charge in [0.2, 0.25) is 0 Å². The van der Waals surface area contributed by atoms with Gasteiger partial charge >= 0.3 is 10.3 Å². The summed E-state index contributed by atoms with van der Waals surface area (Å²) in [6.07, 6.45) is 0. The highest BCUT2D eigenvalue weighted by Crippen LogP contribution is 2.40. The first-order valence-corrected chi connectivity index (χ1v) is 10.2. The zero-order chi connectivity index (χ0) is 14.6. The van der Waals surface area contributed by atoms with Gasteiger partial charge in [0.15, 0.2) is 10.3 Å². The van der Waals surface area contributed by atoms with E-state index in [4.69, 9.17) is 18.6 Å².